The van der Waals surface area contributed by atoms with E-state index in [1.54, 1.807) is 6.92 Å². The van der Waals surface area contributed by atoms with Crippen LogP contribution in [0.4, 0.5) is 24.7 Å². The molecule has 0 fully saturated rings. The summed E-state index contributed by atoms with van der Waals surface area (Å²) in [5.74, 6) is -1.67. The molecule has 3 aromatic rings. The van der Waals surface area contributed by atoms with Gasteiger partial charge in [0.15, 0.2) is 0 Å². The third-order valence-electron chi connectivity index (χ3n) is 4.40. The molecule has 0 aromatic carbocycles. The van der Waals surface area contributed by atoms with E-state index >= 15 is 0 Å². The third kappa shape index (κ3) is 4.43. The lowest BCUT2D eigenvalue weighted by Gasteiger charge is -2.24. The number of fused-ring (bicyclic) bond motifs is 1. The van der Waals surface area contributed by atoms with E-state index in [9.17, 15) is 22.8 Å². The Labute approximate surface area is 175 Å². The molecule has 0 saturated heterocycles. The van der Waals surface area contributed by atoms with Crippen LogP contribution in [0, 0.1) is 0 Å². The Morgan fingerprint density at radius 2 is 1.93 bits per heavy atom. The highest BCUT2D eigenvalue weighted by atomic mass is 35.5. The van der Waals surface area contributed by atoms with Gasteiger partial charge in [0.05, 0.1) is 46.3 Å². The lowest BCUT2D eigenvalue weighted by molar-refractivity contribution is -0.143. The van der Waals surface area contributed by atoms with Crippen LogP contribution >= 0.6 is 0 Å². The molecule has 0 aliphatic carbocycles. The fourth-order valence-electron chi connectivity index (χ4n) is 2.58. The largest absolute Gasteiger partial charge is 1.00 e. The number of aromatic amines is 1. The van der Waals surface area contributed by atoms with Gasteiger partial charge >= 0.3 is 19.4 Å². The molecule has 3 heterocycles. The van der Waals surface area contributed by atoms with Gasteiger partial charge in [0.25, 0.3) is 0 Å². The number of alkyl halides is 3. The number of nitrogens with one attached hydrogen (secondary N) is 2. The lowest BCUT2D eigenvalue weighted by atomic mass is 10.1. The summed E-state index contributed by atoms with van der Waals surface area (Å²) in [6.45, 7) is 1.54. The topological polar surface area (TPSA) is 130 Å². The van der Waals surface area contributed by atoms with E-state index in [4.69, 9.17) is 5.73 Å². The molecule has 0 aliphatic heterocycles. The summed E-state index contributed by atoms with van der Waals surface area (Å²) in [4.78, 5) is 33.6. The highest BCUT2D eigenvalue weighted by molar-refractivity contribution is 6.40. The SMILES string of the molecule is CC(c1ccc(C(F)(F)F)cn1)N(C)C(=O)C(=O)Nc1cnc(N)c2cn[nH]c12.[Cl-].[H+]. The number of amides is 2. The molecule has 1 atom stereocenters. The average Bonchev–Trinajstić information content (AvgIpc) is 3.19. The highest BCUT2D eigenvalue weighted by Gasteiger charge is 2.31. The first kappa shape index (κ1) is 22.9. The van der Waals surface area contributed by atoms with Crippen LogP contribution in [0.15, 0.2) is 30.7 Å². The maximum atomic E-state index is 12.7. The molecule has 0 bridgehead atoms. The molecule has 160 valence electrons. The van der Waals surface area contributed by atoms with Gasteiger partial charge in [-0.3, -0.25) is 19.7 Å². The number of pyridine rings is 2. The van der Waals surface area contributed by atoms with E-state index in [2.05, 4.69) is 25.5 Å². The number of rotatable bonds is 3. The van der Waals surface area contributed by atoms with Crippen molar-refractivity contribution in [2.45, 2.75) is 19.1 Å². The molecular weight excluding hydrogens is 427 g/mol. The van der Waals surface area contributed by atoms with E-state index in [1.807, 2.05) is 0 Å². The first-order valence-electron chi connectivity index (χ1n) is 8.28. The molecule has 2 amide bonds. The van der Waals surface area contributed by atoms with Gasteiger partial charge in [-0.1, -0.05) is 0 Å². The Balaban J connectivity index is 0.00000240. The Hall–Kier alpha value is -3.41. The van der Waals surface area contributed by atoms with E-state index in [0.29, 0.717) is 17.1 Å². The van der Waals surface area contributed by atoms with Crippen LogP contribution in [0.5, 0.6) is 0 Å². The van der Waals surface area contributed by atoms with Gasteiger partial charge < -0.3 is 28.4 Å². The molecule has 0 spiro atoms. The summed E-state index contributed by atoms with van der Waals surface area (Å²) in [6, 6.07) is 1.28. The first-order valence-corrected chi connectivity index (χ1v) is 8.28. The maximum absolute atomic E-state index is 12.7. The predicted molar refractivity (Wildman–Crippen MR) is 98.5 cm³/mol. The summed E-state index contributed by atoms with van der Waals surface area (Å²) in [5.41, 5.74) is 5.62. The predicted octanol–water partition coefficient (Wildman–Crippen LogP) is -0.771. The van der Waals surface area contributed by atoms with Crippen LogP contribution in [0.3, 0.4) is 0 Å². The number of anilines is 2. The van der Waals surface area contributed by atoms with Crippen LogP contribution in [-0.2, 0) is 15.8 Å². The molecule has 13 heteroatoms. The standard InChI is InChI=1S/C17H16F3N7O2.ClH/c1-8(11-4-3-9(5-22-11)17(18,19)20)27(2)16(29)15(28)25-12-7-23-14(21)10-6-24-26-13(10)12;/h3-8H,1-2H3,(H2,21,23)(H,24,26)(H,25,28);1H. The van der Waals surface area contributed by atoms with Crippen molar-refractivity contribution in [1.82, 2.24) is 25.1 Å². The highest BCUT2D eigenvalue weighted by Crippen LogP contribution is 2.29. The van der Waals surface area contributed by atoms with Crippen molar-refractivity contribution >= 4 is 34.2 Å². The molecule has 3 rings (SSSR count). The minimum Gasteiger partial charge on any atom is -1.00 e. The van der Waals surface area contributed by atoms with E-state index < -0.39 is 29.6 Å². The number of H-pyrrole nitrogens is 1. The van der Waals surface area contributed by atoms with Crippen LogP contribution in [0.1, 0.15) is 25.6 Å². The number of hydrogen-bond donors (Lipinski definition) is 3. The van der Waals surface area contributed by atoms with Crippen molar-refractivity contribution < 1.29 is 36.6 Å². The number of hydrogen-bond acceptors (Lipinski definition) is 6. The van der Waals surface area contributed by atoms with Gasteiger partial charge in [0, 0.05) is 13.2 Å². The van der Waals surface area contributed by atoms with Crippen LogP contribution in [0.2, 0.25) is 0 Å². The number of carbonyl (C=O) groups is 2. The zero-order valence-electron chi connectivity index (χ0n) is 16.7. The molecule has 3 aromatic heterocycles. The lowest BCUT2D eigenvalue weighted by Crippen LogP contribution is -3.00. The maximum Gasteiger partial charge on any atom is 1.00 e. The van der Waals surface area contributed by atoms with E-state index in [-0.39, 0.29) is 31.0 Å². The Morgan fingerprint density at radius 1 is 1.23 bits per heavy atom. The zero-order chi connectivity index (χ0) is 21.3. The number of nitrogen functional groups attached to an aromatic ring is 1. The summed E-state index contributed by atoms with van der Waals surface area (Å²) in [7, 11) is 1.35. The van der Waals surface area contributed by atoms with Gasteiger partial charge in [-0.25, -0.2) is 4.98 Å². The molecule has 4 N–H and O–H groups in total. The van der Waals surface area contributed by atoms with Crippen LogP contribution < -0.4 is 23.5 Å². The van der Waals surface area contributed by atoms with Crippen molar-refractivity contribution in [3.63, 3.8) is 0 Å². The second-order valence-corrected chi connectivity index (χ2v) is 6.23. The van der Waals surface area contributed by atoms with Gasteiger partial charge in [-0.15, -0.1) is 0 Å². The number of carbonyl (C=O) groups excluding carboxylic acids is 2. The average molecular weight is 444 g/mol. The fraction of sp³-hybridized carbons (Fsp3) is 0.235. The van der Waals surface area contributed by atoms with Crippen molar-refractivity contribution in [3.8, 4) is 0 Å². The number of nitrogens with zero attached hydrogens (tertiary/aromatic N) is 4. The van der Waals surface area contributed by atoms with Gasteiger partial charge in [0.2, 0.25) is 0 Å². The summed E-state index contributed by atoms with van der Waals surface area (Å²) < 4.78 is 38.0. The number of aromatic nitrogens is 4. The van der Waals surface area contributed by atoms with Gasteiger partial charge in [0.1, 0.15) is 5.82 Å². The monoisotopic (exact) mass is 443 g/mol. The quantitative estimate of drug-likeness (QED) is 0.456. The number of likely N-dealkylation sites (N-methyl/N-ethyl adjacent to an activating group) is 1. The summed E-state index contributed by atoms with van der Waals surface area (Å²) >= 11 is 0. The Kier molecular flexibility index (Phi) is 6.50. The van der Waals surface area contributed by atoms with Crippen LogP contribution in [-0.4, -0.2) is 43.9 Å². The Morgan fingerprint density at radius 3 is 2.53 bits per heavy atom. The molecule has 1 unspecified atom stereocenters. The number of halogens is 4. The summed E-state index contributed by atoms with van der Waals surface area (Å²) in [6.07, 6.45) is -1.12. The van der Waals surface area contributed by atoms with Crippen LogP contribution in [0.25, 0.3) is 10.9 Å². The molecular formula is C17H17ClF3N7O2. The second kappa shape index (κ2) is 8.53. The molecule has 9 nitrogen and oxygen atoms in total. The molecule has 0 saturated carbocycles. The Bertz CT molecular complexity index is 1080. The fourth-order valence-corrected chi connectivity index (χ4v) is 2.58. The van der Waals surface area contributed by atoms with Crippen molar-refractivity contribution in [2.24, 2.45) is 0 Å². The first-order chi connectivity index (χ1) is 13.6. The van der Waals surface area contributed by atoms with Crippen molar-refractivity contribution in [2.75, 3.05) is 18.1 Å². The van der Waals surface area contributed by atoms with Gasteiger partial charge in [-0.2, -0.15) is 18.3 Å². The van der Waals surface area contributed by atoms with Crippen molar-refractivity contribution in [1.29, 1.82) is 0 Å². The second-order valence-electron chi connectivity index (χ2n) is 6.23. The molecule has 0 radical (unpaired) electrons. The minimum atomic E-state index is -4.51. The third-order valence-corrected chi connectivity index (χ3v) is 4.40. The van der Waals surface area contributed by atoms with Crippen molar-refractivity contribution in [3.05, 3.63) is 42.0 Å². The van der Waals surface area contributed by atoms with E-state index in [0.717, 1.165) is 17.0 Å². The molecule has 30 heavy (non-hydrogen) atoms. The van der Waals surface area contributed by atoms with Gasteiger partial charge in [-0.05, 0) is 19.1 Å². The smallest absolute Gasteiger partial charge is 1.00 e. The molecule has 0 aliphatic rings. The zero-order valence-corrected chi connectivity index (χ0v) is 16.4. The van der Waals surface area contributed by atoms with E-state index in [1.165, 1.54) is 19.4 Å². The minimum absolute atomic E-state index is 0. The summed E-state index contributed by atoms with van der Waals surface area (Å²) in [5, 5.41) is 9.38. The number of nitrogens with two attached hydrogens (primary N) is 1. The normalized spacial score (nSPS) is 12.2.